The van der Waals surface area contributed by atoms with Gasteiger partial charge < -0.3 is 14.8 Å². The summed E-state index contributed by atoms with van der Waals surface area (Å²) in [6.45, 7) is 3.64. The van der Waals surface area contributed by atoms with Gasteiger partial charge in [-0.25, -0.2) is 0 Å². The van der Waals surface area contributed by atoms with Gasteiger partial charge in [0.15, 0.2) is 0 Å². The van der Waals surface area contributed by atoms with Crippen LogP contribution in [0.15, 0.2) is 0 Å². The molecule has 1 saturated heterocycles. The number of esters is 1. The van der Waals surface area contributed by atoms with Crippen molar-refractivity contribution >= 4 is 5.97 Å². The molecule has 0 aromatic rings. The second kappa shape index (κ2) is 6.36. The van der Waals surface area contributed by atoms with Crippen LogP contribution in [0.5, 0.6) is 0 Å². The first-order chi connectivity index (χ1) is 8.24. The van der Waals surface area contributed by atoms with Gasteiger partial charge in [0.05, 0.1) is 12.2 Å². The minimum absolute atomic E-state index is 0.125. The third-order valence-electron chi connectivity index (χ3n) is 3.62. The van der Waals surface area contributed by atoms with E-state index in [2.05, 4.69) is 5.32 Å². The molecule has 1 aliphatic heterocycles. The first kappa shape index (κ1) is 12.8. The van der Waals surface area contributed by atoms with Crippen LogP contribution in [0.2, 0.25) is 0 Å². The summed E-state index contributed by atoms with van der Waals surface area (Å²) in [4.78, 5) is 10.8. The van der Waals surface area contributed by atoms with Crippen LogP contribution in [-0.2, 0) is 14.3 Å². The number of carbonyl (C=O) groups excluding carboxylic acids is 1. The van der Waals surface area contributed by atoms with E-state index in [1.165, 1.54) is 6.92 Å². The summed E-state index contributed by atoms with van der Waals surface area (Å²) in [5, 5.41) is 3.34. The van der Waals surface area contributed by atoms with Gasteiger partial charge in [-0.2, -0.15) is 0 Å². The molecule has 0 aromatic carbocycles. The summed E-state index contributed by atoms with van der Waals surface area (Å²) in [6, 6.07) is 0. The number of nitrogens with one attached hydrogen (secondary N) is 1. The molecule has 0 unspecified atom stereocenters. The minimum Gasteiger partial charge on any atom is -0.463 e. The zero-order chi connectivity index (χ0) is 12.1. The lowest BCUT2D eigenvalue weighted by Gasteiger charge is -2.32. The molecule has 2 fully saturated rings. The quantitative estimate of drug-likeness (QED) is 0.763. The summed E-state index contributed by atoms with van der Waals surface area (Å²) in [5.74, 6) is -0.160. The van der Waals surface area contributed by atoms with Crippen LogP contribution < -0.4 is 5.32 Å². The Hall–Kier alpha value is -0.610. The standard InChI is InChI=1S/C13H23NO3/c1-10(15)16-11-2-4-12(5-3-11)17-13-6-8-14-9-7-13/h11-14H,2-9H2,1H3/t11-,12-. The molecule has 0 radical (unpaired) electrons. The number of hydrogen-bond acceptors (Lipinski definition) is 4. The predicted octanol–water partition coefficient (Wildman–Crippen LogP) is 1.63. The summed E-state index contributed by atoms with van der Waals surface area (Å²) in [6.07, 6.45) is 7.17. The summed E-state index contributed by atoms with van der Waals surface area (Å²) in [7, 11) is 0. The van der Waals surface area contributed by atoms with Gasteiger partial charge in [-0.15, -0.1) is 0 Å². The molecule has 17 heavy (non-hydrogen) atoms. The van der Waals surface area contributed by atoms with Crippen molar-refractivity contribution in [3.05, 3.63) is 0 Å². The Morgan fingerprint density at radius 2 is 1.47 bits per heavy atom. The normalized spacial score (nSPS) is 31.1. The zero-order valence-corrected chi connectivity index (χ0v) is 10.6. The smallest absolute Gasteiger partial charge is 0.302 e. The van der Waals surface area contributed by atoms with Crippen LogP contribution in [0.1, 0.15) is 45.4 Å². The van der Waals surface area contributed by atoms with E-state index in [0.717, 1.165) is 51.6 Å². The van der Waals surface area contributed by atoms with Crippen LogP contribution in [-0.4, -0.2) is 37.4 Å². The Kier molecular flexibility index (Phi) is 4.80. The van der Waals surface area contributed by atoms with E-state index in [-0.39, 0.29) is 12.1 Å². The van der Waals surface area contributed by atoms with Crippen molar-refractivity contribution in [1.29, 1.82) is 0 Å². The molecule has 1 N–H and O–H groups in total. The van der Waals surface area contributed by atoms with Crippen molar-refractivity contribution in [3.63, 3.8) is 0 Å². The average Bonchev–Trinajstić information content (AvgIpc) is 2.32. The molecular weight excluding hydrogens is 218 g/mol. The molecule has 0 amide bonds. The highest BCUT2D eigenvalue weighted by Crippen LogP contribution is 2.25. The molecular formula is C13H23NO3. The fourth-order valence-electron chi connectivity index (χ4n) is 2.72. The van der Waals surface area contributed by atoms with Gasteiger partial charge in [-0.05, 0) is 51.6 Å². The Bertz CT molecular complexity index is 243. The van der Waals surface area contributed by atoms with Crippen molar-refractivity contribution in [2.75, 3.05) is 13.1 Å². The number of piperidine rings is 1. The molecule has 2 rings (SSSR count). The SMILES string of the molecule is CC(=O)O[C@H]1CC[C@H](OC2CCNCC2)CC1. The number of rotatable bonds is 3. The largest absolute Gasteiger partial charge is 0.463 e. The zero-order valence-electron chi connectivity index (χ0n) is 10.6. The van der Waals surface area contributed by atoms with E-state index in [1.54, 1.807) is 0 Å². The molecule has 1 saturated carbocycles. The van der Waals surface area contributed by atoms with Crippen molar-refractivity contribution in [2.45, 2.75) is 63.8 Å². The Morgan fingerprint density at radius 3 is 2.06 bits per heavy atom. The van der Waals surface area contributed by atoms with Crippen LogP contribution in [0, 0.1) is 0 Å². The molecule has 0 atom stereocenters. The number of hydrogen-bond donors (Lipinski definition) is 1. The number of ether oxygens (including phenoxy) is 2. The van der Waals surface area contributed by atoms with Gasteiger partial charge in [-0.1, -0.05) is 0 Å². The lowest BCUT2D eigenvalue weighted by atomic mass is 9.94. The Labute approximate surface area is 103 Å². The van der Waals surface area contributed by atoms with Gasteiger partial charge in [0, 0.05) is 6.92 Å². The van der Waals surface area contributed by atoms with Crippen LogP contribution in [0.25, 0.3) is 0 Å². The second-order valence-corrected chi connectivity index (χ2v) is 5.09. The minimum atomic E-state index is -0.160. The molecule has 4 nitrogen and oxygen atoms in total. The lowest BCUT2D eigenvalue weighted by molar-refractivity contribution is -0.150. The topological polar surface area (TPSA) is 47.6 Å². The van der Waals surface area contributed by atoms with E-state index >= 15 is 0 Å². The summed E-state index contributed by atoms with van der Waals surface area (Å²) >= 11 is 0. The van der Waals surface area contributed by atoms with Crippen LogP contribution in [0.3, 0.4) is 0 Å². The lowest BCUT2D eigenvalue weighted by Crippen LogP contribution is -2.36. The maximum absolute atomic E-state index is 10.8. The van der Waals surface area contributed by atoms with E-state index < -0.39 is 0 Å². The van der Waals surface area contributed by atoms with E-state index in [1.807, 2.05) is 0 Å². The van der Waals surface area contributed by atoms with Gasteiger partial charge in [0.2, 0.25) is 0 Å². The van der Waals surface area contributed by atoms with Gasteiger partial charge >= 0.3 is 5.97 Å². The first-order valence-corrected chi connectivity index (χ1v) is 6.77. The van der Waals surface area contributed by atoms with E-state index in [0.29, 0.717) is 12.2 Å². The fourth-order valence-corrected chi connectivity index (χ4v) is 2.72. The maximum Gasteiger partial charge on any atom is 0.302 e. The molecule has 4 heteroatoms. The van der Waals surface area contributed by atoms with Gasteiger partial charge in [0.25, 0.3) is 0 Å². The highest BCUT2D eigenvalue weighted by molar-refractivity contribution is 5.66. The summed E-state index contributed by atoms with van der Waals surface area (Å²) in [5.41, 5.74) is 0. The Morgan fingerprint density at radius 1 is 0.941 bits per heavy atom. The number of carbonyl (C=O) groups is 1. The van der Waals surface area contributed by atoms with Crippen LogP contribution >= 0.6 is 0 Å². The third-order valence-corrected chi connectivity index (χ3v) is 3.62. The molecule has 0 aromatic heterocycles. The van der Waals surface area contributed by atoms with Gasteiger partial charge in [0.1, 0.15) is 6.10 Å². The van der Waals surface area contributed by atoms with Crippen molar-refractivity contribution in [3.8, 4) is 0 Å². The molecule has 2 aliphatic rings. The maximum atomic E-state index is 10.8. The molecule has 1 heterocycles. The monoisotopic (exact) mass is 241 g/mol. The van der Waals surface area contributed by atoms with Gasteiger partial charge in [-0.3, -0.25) is 4.79 Å². The average molecular weight is 241 g/mol. The van der Waals surface area contributed by atoms with E-state index in [9.17, 15) is 4.79 Å². The molecule has 0 bridgehead atoms. The first-order valence-electron chi connectivity index (χ1n) is 6.77. The third kappa shape index (κ3) is 4.28. The second-order valence-electron chi connectivity index (χ2n) is 5.09. The van der Waals surface area contributed by atoms with E-state index in [4.69, 9.17) is 9.47 Å². The molecule has 0 spiro atoms. The highest BCUT2D eigenvalue weighted by atomic mass is 16.5. The summed E-state index contributed by atoms with van der Waals surface area (Å²) < 4.78 is 11.3. The van der Waals surface area contributed by atoms with Crippen molar-refractivity contribution in [1.82, 2.24) is 5.32 Å². The highest BCUT2D eigenvalue weighted by Gasteiger charge is 2.26. The predicted molar refractivity (Wildman–Crippen MR) is 64.8 cm³/mol. The Balaban J connectivity index is 1.66. The molecule has 98 valence electrons. The van der Waals surface area contributed by atoms with Crippen molar-refractivity contribution in [2.24, 2.45) is 0 Å². The fraction of sp³-hybridized carbons (Fsp3) is 0.923. The van der Waals surface area contributed by atoms with Crippen molar-refractivity contribution < 1.29 is 14.3 Å². The van der Waals surface area contributed by atoms with Crippen LogP contribution in [0.4, 0.5) is 0 Å². The molecule has 1 aliphatic carbocycles.